The second kappa shape index (κ2) is 7.20. The highest BCUT2D eigenvalue weighted by atomic mass is 79.9. The van der Waals surface area contributed by atoms with Gasteiger partial charge in [0.25, 0.3) is 5.91 Å². The summed E-state index contributed by atoms with van der Waals surface area (Å²) in [6.07, 6.45) is 1.54. The predicted molar refractivity (Wildman–Crippen MR) is 69.4 cm³/mol. The zero-order valence-corrected chi connectivity index (χ0v) is 11.7. The minimum absolute atomic E-state index is 0.167. The van der Waals surface area contributed by atoms with E-state index in [0.717, 1.165) is 6.42 Å². The maximum absolute atomic E-state index is 11.6. The third-order valence-corrected chi connectivity index (χ3v) is 3.00. The lowest BCUT2D eigenvalue weighted by molar-refractivity contribution is -0.137. The number of rotatable bonds is 7. The number of amides is 1. The third-order valence-electron chi connectivity index (χ3n) is 2.57. The van der Waals surface area contributed by atoms with Gasteiger partial charge in [0.05, 0.1) is 0 Å². The van der Waals surface area contributed by atoms with Crippen LogP contribution < -0.4 is 5.32 Å². The molecule has 0 aromatic carbocycles. The minimum atomic E-state index is -0.786. The highest BCUT2D eigenvalue weighted by Gasteiger charge is 2.11. The number of furan rings is 1. The maximum atomic E-state index is 11.6. The molecule has 1 unspecified atom stereocenters. The summed E-state index contributed by atoms with van der Waals surface area (Å²) in [5.74, 6) is -0.512. The van der Waals surface area contributed by atoms with Gasteiger partial charge in [-0.15, -0.1) is 0 Å². The van der Waals surface area contributed by atoms with Crippen molar-refractivity contribution in [1.29, 1.82) is 0 Å². The fourth-order valence-electron chi connectivity index (χ4n) is 1.47. The Labute approximate surface area is 114 Å². The molecule has 6 heteroatoms. The summed E-state index contributed by atoms with van der Waals surface area (Å²) in [5, 5.41) is 11.3. The van der Waals surface area contributed by atoms with Gasteiger partial charge in [0, 0.05) is 13.0 Å². The standard InChI is InChI=1S/C12H16BrNO4/c1-8(2-5-11(15)16)6-7-14-12(17)9-3-4-10(13)18-9/h3-4,8H,2,5-7H2,1H3,(H,14,17)(H,15,16). The number of carboxylic acid groups (broad SMARTS) is 1. The average Bonchev–Trinajstić information content (AvgIpc) is 2.73. The fraction of sp³-hybridized carbons (Fsp3) is 0.500. The van der Waals surface area contributed by atoms with Crippen LogP contribution in [0, 0.1) is 5.92 Å². The molecule has 0 aliphatic heterocycles. The molecule has 5 nitrogen and oxygen atoms in total. The molecule has 1 heterocycles. The molecule has 0 aliphatic rings. The van der Waals surface area contributed by atoms with Gasteiger partial charge in [-0.3, -0.25) is 9.59 Å². The van der Waals surface area contributed by atoms with Crippen LogP contribution >= 0.6 is 15.9 Å². The minimum Gasteiger partial charge on any atom is -0.481 e. The van der Waals surface area contributed by atoms with E-state index in [4.69, 9.17) is 9.52 Å². The van der Waals surface area contributed by atoms with Gasteiger partial charge in [0.15, 0.2) is 10.4 Å². The summed E-state index contributed by atoms with van der Waals surface area (Å²) in [5.41, 5.74) is 0. The Kier molecular flexibility index (Phi) is 5.91. The van der Waals surface area contributed by atoms with E-state index >= 15 is 0 Å². The van der Waals surface area contributed by atoms with Gasteiger partial charge < -0.3 is 14.8 Å². The van der Waals surface area contributed by atoms with E-state index in [1.807, 2.05) is 6.92 Å². The molecule has 1 aromatic heterocycles. The molecule has 1 rings (SSSR count). The first kappa shape index (κ1) is 14.8. The zero-order valence-electron chi connectivity index (χ0n) is 10.1. The zero-order chi connectivity index (χ0) is 13.5. The molecule has 1 aromatic rings. The first-order chi connectivity index (χ1) is 8.49. The van der Waals surface area contributed by atoms with Gasteiger partial charge in [0.1, 0.15) is 0 Å². The lowest BCUT2D eigenvalue weighted by atomic mass is 10.0. The molecule has 100 valence electrons. The number of aliphatic carboxylic acids is 1. The second-order valence-electron chi connectivity index (χ2n) is 4.19. The molecule has 0 saturated carbocycles. The lowest BCUT2D eigenvalue weighted by Gasteiger charge is -2.09. The Balaban J connectivity index is 2.21. The molecule has 0 saturated heterocycles. The molecule has 0 bridgehead atoms. The van der Waals surface area contributed by atoms with Crippen LogP contribution in [0.3, 0.4) is 0 Å². The van der Waals surface area contributed by atoms with Crippen molar-refractivity contribution >= 4 is 27.8 Å². The normalized spacial score (nSPS) is 12.1. The van der Waals surface area contributed by atoms with Crippen molar-refractivity contribution in [2.24, 2.45) is 5.92 Å². The van der Waals surface area contributed by atoms with E-state index < -0.39 is 5.97 Å². The first-order valence-electron chi connectivity index (χ1n) is 5.74. The molecular formula is C12H16BrNO4. The lowest BCUT2D eigenvalue weighted by Crippen LogP contribution is -2.25. The monoisotopic (exact) mass is 317 g/mol. The van der Waals surface area contributed by atoms with Crippen molar-refractivity contribution in [3.63, 3.8) is 0 Å². The quantitative estimate of drug-likeness (QED) is 0.810. The Bertz CT molecular complexity index is 416. The topological polar surface area (TPSA) is 79.5 Å². The molecule has 1 atom stereocenters. The highest BCUT2D eigenvalue weighted by molar-refractivity contribution is 9.10. The van der Waals surface area contributed by atoms with Crippen molar-refractivity contribution < 1.29 is 19.1 Å². The highest BCUT2D eigenvalue weighted by Crippen LogP contribution is 2.14. The molecule has 1 amide bonds. The Morgan fingerprint density at radius 3 is 2.72 bits per heavy atom. The third kappa shape index (κ3) is 5.35. The Morgan fingerprint density at radius 1 is 1.44 bits per heavy atom. The maximum Gasteiger partial charge on any atom is 0.303 e. The number of hydrogen-bond donors (Lipinski definition) is 2. The molecule has 0 radical (unpaired) electrons. The van der Waals surface area contributed by atoms with Crippen LogP contribution in [0.4, 0.5) is 0 Å². The van der Waals surface area contributed by atoms with E-state index in [2.05, 4.69) is 21.2 Å². The summed E-state index contributed by atoms with van der Waals surface area (Å²) < 4.78 is 5.62. The summed E-state index contributed by atoms with van der Waals surface area (Å²) in [4.78, 5) is 22.0. The van der Waals surface area contributed by atoms with Crippen molar-refractivity contribution in [2.45, 2.75) is 26.2 Å². The van der Waals surface area contributed by atoms with E-state index in [0.29, 0.717) is 17.6 Å². The first-order valence-corrected chi connectivity index (χ1v) is 6.53. The molecule has 18 heavy (non-hydrogen) atoms. The molecule has 0 fully saturated rings. The second-order valence-corrected chi connectivity index (χ2v) is 4.97. The molecule has 2 N–H and O–H groups in total. The average molecular weight is 318 g/mol. The van der Waals surface area contributed by atoms with Crippen molar-refractivity contribution in [3.8, 4) is 0 Å². The van der Waals surface area contributed by atoms with Gasteiger partial charge in [-0.05, 0) is 46.8 Å². The van der Waals surface area contributed by atoms with Gasteiger partial charge >= 0.3 is 5.97 Å². The van der Waals surface area contributed by atoms with E-state index in [9.17, 15) is 9.59 Å². The number of carboxylic acids is 1. The van der Waals surface area contributed by atoms with Crippen molar-refractivity contribution in [2.75, 3.05) is 6.54 Å². The molecule has 0 aliphatic carbocycles. The van der Waals surface area contributed by atoms with Crippen LogP contribution in [0.1, 0.15) is 36.7 Å². The predicted octanol–water partition coefficient (Wildman–Crippen LogP) is 2.66. The summed E-state index contributed by atoms with van der Waals surface area (Å²) in [6, 6.07) is 3.25. The van der Waals surface area contributed by atoms with Crippen LogP contribution in [0.25, 0.3) is 0 Å². The van der Waals surface area contributed by atoms with Gasteiger partial charge in [-0.2, -0.15) is 0 Å². The molecule has 0 spiro atoms. The van der Waals surface area contributed by atoms with Crippen LogP contribution in [0.15, 0.2) is 21.2 Å². The number of nitrogens with one attached hydrogen (secondary N) is 1. The van der Waals surface area contributed by atoms with Gasteiger partial charge in [0.2, 0.25) is 0 Å². The number of hydrogen-bond acceptors (Lipinski definition) is 3. The van der Waals surface area contributed by atoms with Crippen LogP contribution in [0.5, 0.6) is 0 Å². The molecular weight excluding hydrogens is 302 g/mol. The number of halogens is 1. The van der Waals surface area contributed by atoms with Crippen molar-refractivity contribution in [1.82, 2.24) is 5.32 Å². The Morgan fingerprint density at radius 2 is 2.17 bits per heavy atom. The van der Waals surface area contributed by atoms with Crippen molar-refractivity contribution in [3.05, 3.63) is 22.6 Å². The van der Waals surface area contributed by atoms with Crippen LogP contribution in [-0.2, 0) is 4.79 Å². The summed E-state index contributed by atoms with van der Waals surface area (Å²) >= 11 is 3.12. The van der Waals surface area contributed by atoms with E-state index in [-0.39, 0.29) is 24.0 Å². The summed E-state index contributed by atoms with van der Waals surface area (Å²) in [6.45, 7) is 2.48. The summed E-state index contributed by atoms with van der Waals surface area (Å²) in [7, 11) is 0. The van der Waals surface area contributed by atoms with E-state index in [1.165, 1.54) is 0 Å². The smallest absolute Gasteiger partial charge is 0.303 e. The van der Waals surface area contributed by atoms with Crippen LogP contribution in [0.2, 0.25) is 0 Å². The largest absolute Gasteiger partial charge is 0.481 e. The van der Waals surface area contributed by atoms with Gasteiger partial charge in [-0.1, -0.05) is 6.92 Å². The fourth-order valence-corrected chi connectivity index (χ4v) is 1.78. The van der Waals surface area contributed by atoms with Gasteiger partial charge in [-0.25, -0.2) is 0 Å². The Hall–Kier alpha value is -1.30. The SMILES string of the molecule is CC(CCNC(=O)c1ccc(Br)o1)CCC(=O)O. The number of carbonyl (C=O) groups is 2. The van der Waals surface area contributed by atoms with E-state index in [1.54, 1.807) is 12.1 Å². The number of carbonyl (C=O) groups excluding carboxylic acids is 1. The van der Waals surface area contributed by atoms with Crippen LogP contribution in [-0.4, -0.2) is 23.5 Å².